The predicted molar refractivity (Wildman–Crippen MR) is 118 cm³/mol. The van der Waals surface area contributed by atoms with Crippen LogP contribution in [0.25, 0.3) is 11.3 Å². The van der Waals surface area contributed by atoms with Crippen molar-refractivity contribution >= 4 is 23.2 Å². The fourth-order valence-corrected chi connectivity index (χ4v) is 3.60. The van der Waals surface area contributed by atoms with Gasteiger partial charge in [-0.1, -0.05) is 12.1 Å². The number of anilines is 1. The Kier molecular flexibility index (Phi) is 5.27. The molecule has 0 fully saturated rings. The minimum Gasteiger partial charge on any atom is -0.467 e. The summed E-state index contributed by atoms with van der Waals surface area (Å²) in [5.41, 5.74) is 0.614. The summed E-state index contributed by atoms with van der Waals surface area (Å²) in [4.78, 5) is 20.1. The summed E-state index contributed by atoms with van der Waals surface area (Å²) in [6, 6.07) is 17.0. The molecule has 31 heavy (non-hydrogen) atoms. The molecule has 7 heteroatoms. The van der Waals surface area contributed by atoms with E-state index in [0.29, 0.717) is 28.6 Å². The minimum atomic E-state index is -1.49. The van der Waals surface area contributed by atoms with Crippen LogP contribution in [0, 0.1) is 5.82 Å². The highest BCUT2D eigenvalue weighted by Gasteiger charge is 2.53. The Morgan fingerprint density at radius 2 is 1.84 bits per heavy atom. The molecule has 4 rings (SSSR count). The zero-order chi connectivity index (χ0) is 22.2. The van der Waals surface area contributed by atoms with E-state index in [1.807, 2.05) is 50.1 Å². The van der Waals surface area contributed by atoms with Gasteiger partial charge in [-0.15, -0.1) is 0 Å². The summed E-state index contributed by atoms with van der Waals surface area (Å²) < 4.78 is 24.7. The Balaban J connectivity index is 1.91. The number of rotatable bonds is 4. The van der Waals surface area contributed by atoms with Gasteiger partial charge in [-0.25, -0.2) is 14.2 Å². The number of nitrogens with one attached hydrogen (secondary N) is 1. The lowest BCUT2D eigenvalue weighted by molar-refractivity contribution is -0.144. The number of fused-ring (bicyclic) bond motifs is 1. The molecule has 2 aromatic carbocycles. The van der Waals surface area contributed by atoms with E-state index in [4.69, 9.17) is 14.1 Å². The average Bonchev–Trinajstić information content (AvgIpc) is 3.28. The number of esters is 1. The number of aliphatic imine (C=N–C) groups is 1. The maximum absolute atomic E-state index is 13.3. The normalized spacial score (nSPS) is 17.5. The van der Waals surface area contributed by atoms with Crippen molar-refractivity contribution in [1.29, 1.82) is 0 Å². The molecule has 1 aliphatic heterocycles. The van der Waals surface area contributed by atoms with Crippen LogP contribution in [0.2, 0.25) is 0 Å². The standard InChI is InChI=1S/C24H24FN3O3/c1-15(2)28(3)22-24(23(29)30-4,27-19-8-6-5-7-18(19)26-22)21-14-13-20(31-21)16-9-11-17(25)12-10-16/h5-15,27H,1-4H3. The lowest BCUT2D eigenvalue weighted by atomic mass is 9.90. The van der Waals surface area contributed by atoms with E-state index in [-0.39, 0.29) is 11.9 Å². The van der Waals surface area contributed by atoms with Crippen molar-refractivity contribution in [3.05, 3.63) is 72.2 Å². The van der Waals surface area contributed by atoms with Crippen molar-refractivity contribution in [3.63, 3.8) is 0 Å². The molecule has 0 spiro atoms. The first-order valence-electron chi connectivity index (χ1n) is 10.0. The highest BCUT2D eigenvalue weighted by atomic mass is 19.1. The molecular formula is C24H24FN3O3. The van der Waals surface area contributed by atoms with Gasteiger partial charge in [-0.2, -0.15) is 0 Å². The van der Waals surface area contributed by atoms with Gasteiger partial charge in [-0.3, -0.25) is 0 Å². The van der Waals surface area contributed by atoms with Gasteiger partial charge in [0.05, 0.1) is 18.5 Å². The Bertz CT molecular complexity index is 1140. The van der Waals surface area contributed by atoms with Crippen molar-refractivity contribution in [2.75, 3.05) is 19.5 Å². The molecule has 160 valence electrons. The Hall–Kier alpha value is -3.61. The molecule has 1 N–H and O–H groups in total. The second kappa shape index (κ2) is 7.91. The van der Waals surface area contributed by atoms with E-state index in [2.05, 4.69) is 5.32 Å². The van der Waals surface area contributed by atoms with Gasteiger partial charge in [0.15, 0.2) is 5.84 Å². The molecule has 0 amide bonds. The molecule has 0 saturated carbocycles. The maximum Gasteiger partial charge on any atom is 0.347 e. The van der Waals surface area contributed by atoms with Gasteiger partial charge in [0.1, 0.15) is 17.3 Å². The Morgan fingerprint density at radius 3 is 2.52 bits per heavy atom. The van der Waals surface area contributed by atoms with Crippen molar-refractivity contribution in [2.45, 2.75) is 25.4 Å². The van der Waals surface area contributed by atoms with E-state index in [1.54, 1.807) is 24.3 Å². The molecule has 1 aliphatic rings. The quantitative estimate of drug-likeness (QED) is 0.604. The van der Waals surface area contributed by atoms with Crippen molar-refractivity contribution in [2.24, 2.45) is 4.99 Å². The van der Waals surface area contributed by atoms with Gasteiger partial charge < -0.3 is 19.4 Å². The van der Waals surface area contributed by atoms with Gasteiger partial charge >= 0.3 is 5.97 Å². The first-order valence-corrected chi connectivity index (χ1v) is 10.0. The van der Waals surface area contributed by atoms with E-state index < -0.39 is 11.5 Å². The van der Waals surface area contributed by atoms with Crippen LogP contribution in [0.15, 0.2) is 70.1 Å². The number of amidine groups is 1. The predicted octanol–water partition coefficient (Wildman–Crippen LogP) is 4.95. The second-order valence-corrected chi connectivity index (χ2v) is 7.69. The Morgan fingerprint density at radius 1 is 1.13 bits per heavy atom. The Labute approximate surface area is 180 Å². The molecule has 1 aromatic heterocycles. The highest BCUT2D eigenvalue weighted by Crippen LogP contribution is 2.42. The first kappa shape index (κ1) is 20.7. The van der Waals surface area contributed by atoms with Crippen LogP contribution in [-0.2, 0) is 15.1 Å². The molecule has 1 unspecified atom stereocenters. The summed E-state index contributed by atoms with van der Waals surface area (Å²) in [7, 11) is 3.21. The van der Waals surface area contributed by atoms with E-state index in [0.717, 1.165) is 5.69 Å². The van der Waals surface area contributed by atoms with Crippen LogP contribution in [0.4, 0.5) is 15.8 Å². The van der Waals surface area contributed by atoms with E-state index in [9.17, 15) is 9.18 Å². The molecule has 2 heterocycles. The van der Waals surface area contributed by atoms with Gasteiger partial charge in [0.25, 0.3) is 5.54 Å². The number of carbonyl (C=O) groups is 1. The number of furan rings is 1. The number of methoxy groups -OCH3 is 1. The molecule has 3 aromatic rings. The van der Waals surface area contributed by atoms with Crippen molar-refractivity contribution in [1.82, 2.24) is 4.90 Å². The van der Waals surface area contributed by atoms with Gasteiger partial charge in [-0.05, 0) is 62.4 Å². The SMILES string of the molecule is COC(=O)C1(c2ccc(-c3ccc(F)cc3)o2)Nc2ccccc2N=C1N(C)C(C)C. The van der Waals surface area contributed by atoms with Crippen LogP contribution >= 0.6 is 0 Å². The summed E-state index contributed by atoms with van der Waals surface area (Å²) >= 11 is 0. The highest BCUT2D eigenvalue weighted by molar-refractivity contribution is 6.15. The topological polar surface area (TPSA) is 67.1 Å². The lowest BCUT2D eigenvalue weighted by Gasteiger charge is -2.40. The third kappa shape index (κ3) is 3.46. The van der Waals surface area contributed by atoms with Crippen LogP contribution in [0.3, 0.4) is 0 Å². The number of halogens is 1. The number of hydrogen-bond donors (Lipinski definition) is 1. The molecule has 0 bridgehead atoms. The molecule has 0 radical (unpaired) electrons. The number of likely N-dealkylation sites (N-methyl/N-ethyl adjacent to an activating group) is 1. The molecule has 6 nitrogen and oxygen atoms in total. The van der Waals surface area contributed by atoms with E-state index in [1.165, 1.54) is 19.2 Å². The van der Waals surface area contributed by atoms with Gasteiger partial charge in [0.2, 0.25) is 0 Å². The molecule has 1 atom stereocenters. The van der Waals surface area contributed by atoms with Gasteiger partial charge in [0, 0.05) is 18.7 Å². The fraction of sp³-hybridized carbons (Fsp3) is 0.250. The molecular weight excluding hydrogens is 397 g/mol. The number of benzene rings is 2. The summed E-state index contributed by atoms with van der Waals surface area (Å²) in [5, 5.41) is 3.34. The van der Waals surface area contributed by atoms with Crippen LogP contribution in [0.5, 0.6) is 0 Å². The second-order valence-electron chi connectivity index (χ2n) is 7.69. The minimum absolute atomic E-state index is 0.0568. The molecule has 0 saturated heterocycles. The first-order chi connectivity index (χ1) is 14.9. The number of hydrogen-bond acceptors (Lipinski definition) is 6. The maximum atomic E-state index is 13.3. The largest absolute Gasteiger partial charge is 0.467 e. The fourth-order valence-electron chi connectivity index (χ4n) is 3.60. The summed E-state index contributed by atoms with van der Waals surface area (Å²) in [5.74, 6) is 0.423. The number of nitrogens with zero attached hydrogens (tertiary/aromatic N) is 2. The van der Waals surface area contributed by atoms with Crippen LogP contribution < -0.4 is 5.32 Å². The third-order valence-electron chi connectivity index (χ3n) is 5.49. The lowest BCUT2D eigenvalue weighted by Crippen LogP contribution is -2.58. The smallest absolute Gasteiger partial charge is 0.347 e. The number of ether oxygens (including phenoxy) is 1. The summed E-state index contributed by atoms with van der Waals surface area (Å²) in [6.07, 6.45) is 0. The molecule has 0 aliphatic carbocycles. The van der Waals surface area contributed by atoms with Crippen LogP contribution in [-0.4, -0.2) is 36.9 Å². The number of carbonyl (C=O) groups excluding carboxylic acids is 1. The zero-order valence-electron chi connectivity index (χ0n) is 17.8. The zero-order valence-corrected chi connectivity index (χ0v) is 17.8. The average molecular weight is 421 g/mol. The monoisotopic (exact) mass is 421 g/mol. The van der Waals surface area contributed by atoms with Crippen molar-refractivity contribution < 1.29 is 18.3 Å². The van der Waals surface area contributed by atoms with E-state index >= 15 is 0 Å². The van der Waals surface area contributed by atoms with Crippen molar-refractivity contribution in [3.8, 4) is 11.3 Å². The third-order valence-corrected chi connectivity index (χ3v) is 5.49. The summed E-state index contributed by atoms with van der Waals surface area (Å²) in [6.45, 7) is 4.02. The van der Waals surface area contributed by atoms with Crippen LogP contribution in [0.1, 0.15) is 19.6 Å². The number of para-hydroxylation sites is 2.